The monoisotopic (exact) mass is 428 g/mol. The summed E-state index contributed by atoms with van der Waals surface area (Å²) in [4.78, 5) is 20.7. The van der Waals surface area contributed by atoms with E-state index in [1.165, 1.54) is 13.4 Å². The van der Waals surface area contributed by atoms with Crippen LogP contribution in [0.1, 0.15) is 67.2 Å². The van der Waals surface area contributed by atoms with Gasteiger partial charge in [-0.05, 0) is 38.5 Å². The number of esters is 1. The van der Waals surface area contributed by atoms with E-state index in [-0.39, 0.29) is 17.9 Å². The number of ether oxygens (including phenoxy) is 1. The highest BCUT2D eigenvalue weighted by Gasteiger charge is 2.42. The molecule has 0 aliphatic heterocycles. The van der Waals surface area contributed by atoms with Gasteiger partial charge in [-0.3, -0.25) is 4.79 Å². The van der Waals surface area contributed by atoms with Gasteiger partial charge in [0.15, 0.2) is 0 Å². The first-order valence-corrected chi connectivity index (χ1v) is 10.7. The first-order chi connectivity index (χ1) is 14.6. The van der Waals surface area contributed by atoms with Crippen molar-refractivity contribution in [2.45, 2.75) is 56.6 Å². The lowest BCUT2D eigenvalue weighted by molar-refractivity contribution is -0.149. The fourth-order valence-electron chi connectivity index (χ4n) is 5.07. The molecule has 0 saturated heterocycles. The number of aromatic nitrogens is 4. The second-order valence-corrected chi connectivity index (χ2v) is 8.90. The molecule has 3 aromatic rings. The molecule has 3 aliphatic rings. The third-order valence-electron chi connectivity index (χ3n) is 6.78. The van der Waals surface area contributed by atoms with Gasteiger partial charge in [-0.1, -0.05) is 16.8 Å². The number of aliphatic hydroxyl groups is 1. The molecule has 1 N–H and O–H groups in total. The van der Waals surface area contributed by atoms with E-state index < -0.39 is 6.10 Å². The zero-order valence-electron chi connectivity index (χ0n) is 16.5. The minimum absolute atomic E-state index is 0.106. The topological polar surface area (TPSA) is 103 Å². The van der Waals surface area contributed by atoms with Gasteiger partial charge in [0.05, 0.1) is 30.1 Å². The van der Waals surface area contributed by atoms with E-state index in [0.29, 0.717) is 42.4 Å². The molecule has 1 unspecified atom stereocenters. The van der Waals surface area contributed by atoms with Crippen molar-refractivity contribution in [1.29, 1.82) is 0 Å². The summed E-state index contributed by atoms with van der Waals surface area (Å²) in [7, 11) is 1.42. The molecule has 156 valence electrons. The maximum absolute atomic E-state index is 11.9. The number of hydrogen-bond donors (Lipinski definition) is 1. The number of rotatable bonds is 3. The summed E-state index contributed by atoms with van der Waals surface area (Å²) >= 11 is 6.55. The number of carbonyl (C=O) groups excluding carboxylic acids is 1. The number of halogens is 1. The number of aliphatic hydroxyl groups excluding tert-OH is 1. The quantitative estimate of drug-likeness (QED) is 0.500. The molecule has 8 nitrogen and oxygen atoms in total. The van der Waals surface area contributed by atoms with E-state index >= 15 is 0 Å². The molecule has 3 aliphatic carbocycles. The number of carbonyl (C=O) groups is 1. The van der Waals surface area contributed by atoms with Crippen LogP contribution in [0.3, 0.4) is 0 Å². The highest BCUT2D eigenvalue weighted by atomic mass is 35.5. The Hall–Kier alpha value is -2.45. The normalized spacial score (nSPS) is 25.4. The predicted molar refractivity (Wildman–Crippen MR) is 107 cm³/mol. The van der Waals surface area contributed by atoms with Crippen molar-refractivity contribution in [1.82, 2.24) is 19.7 Å². The minimum Gasteiger partial charge on any atom is -0.469 e. The summed E-state index contributed by atoms with van der Waals surface area (Å²) in [5.74, 6) is 0.856. The zero-order valence-corrected chi connectivity index (χ0v) is 17.2. The molecule has 0 spiro atoms. The summed E-state index contributed by atoms with van der Waals surface area (Å²) in [5, 5.41) is 16.4. The highest BCUT2D eigenvalue weighted by molar-refractivity contribution is 6.35. The van der Waals surface area contributed by atoms with Crippen molar-refractivity contribution in [2.75, 3.05) is 7.11 Å². The van der Waals surface area contributed by atoms with Gasteiger partial charge in [-0.25, -0.2) is 9.97 Å². The number of hydrogen-bond acceptors (Lipinski definition) is 7. The summed E-state index contributed by atoms with van der Waals surface area (Å²) in [6.07, 6.45) is 5.54. The summed E-state index contributed by atoms with van der Waals surface area (Å²) in [6, 6.07) is 0.111. The van der Waals surface area contributed by atoms with Crippen LogP contribution >= 0.6 is 11.6 Å². The molecule has 3 heterocycles. The maximum atomic E-state index is 11.9. The Morgan fingerprint density at radius 2 is 2.10 bits per heavy atom. The molecular formula is C21H21ClN4O4. The Balaban J connectivity index is 1.55. The van der Waals surface area contributed by atoms with Gasteiger partial charge in [-0.15, -0.1) is 0 Å². The van der Waals surface area contributed by atoms with Crippen LogP contribution in [-0.4, -0.2) is 37.9 Å². The van der Waals surface area contributed by atoms with E-state index in [9.17, 15) is 9.90 Å². The Morgan fingerprint density at radius 3 is 2.83 bits per heavy atom. The number of methoxy groups -OCH3 is 1. The van der Waals surface area contributed by atoms with Gasteiger partial charge in [0.25, 0.3) is 0 Å². The van der Waals surface area contributed by atoms with Crippen molar-refractivity contribution in [3.63, 3.8) is 0 Å². The SMILES string of the molecule is COC(=O)C1CC(n2c3c(c4c(Cl)ncnc42)-c2noc(C4CC4)c2C(O)CC3)C1. The molecule has 9 heteroatoms. The lowest BCUT2D eigenvalue weighted by Crippen LogP contribution is -2.34. The van der Waals surface area contributed by atoms with Crippen LogP contribution in [0.5, 0.6) is 0 Å². The van der Waals surface area contributed by atoms with Crippen molar-refractivity contribution >= 4 is 28.6 Å². The van der Waals surface area contributed by atoms with Crippen LogP contribution in [0.25, 0.3) is 22.3 Å². The van der Waals surface area contributed by atoms with Crippen LogP contribution < -0.4 is 0 Å². The fourth-order valence-corrected chi connectivity index (χ4v) is 5.29. The lowest BCUT2D eigenvalue weighted by atomic mass is 9.80. The third kappa shape index (κ3) is 2.50. The molecular weight excluding hydrogens is 408 g/mol. The Labute approximate surface area is 177 Å². The minimum atomic E-state index is -0.634. The Morgan fingerprint density at radius 1 is 1.30 bits per heavy atom. The Kier molecular flexibility index (Phi) is 3.98. The molecule has 2 fully saturated rings. The second-order valence-electron chi connectivity index (χ2n) is 8.54. The maximum Gasteiger partial charge on any atom is 0.308 e. The van der Waals surface area contributed by atoms with Gasteiger partial charge >= 0.3 is 5.97 Å². The van der Waals surface area contributed by atoms with Crippen molar-refractivity contribution in [2.24, 2.45) is 5.92 Å². The first-order valence-electron chi connectivity index (χ1n) is 10.4. The molecule has 6 rings (SSSR count). The lowest BCUT2D eigenvalue weighted by Gasteiger charge is -2.35. The van der Waals surface area contributed by atoms with Crippen LogP contribution in [-0.2, 0) is 16.0 Å². The van der Waals surface area contributed by atoms with E-state index in [1.54, 1.807) is 0 Å². The number of fused-ring (bicyclic) bond motifs is 5. The summed E-state index contributed by atoms with van der Waals surface area (Å²) in [6.45, 7) is 0. The van der Waals surface area contributed by atoms with Crippen LogP contribution in [0, 0.1) is 5.92 Å². The molecule has 0 aromatic carbocycles. The molecule has 2 saturated carbocycles. The zero-order chi connectivity index (χ0) is 20.6. The van der Waals surface area contributed by atoms with Crippen LogP contribution in [0.4, 0.5) is 0 Å². The van der Waals surface area contributed by atoms with Gasteiger partial charge in [-0.2, -0.15) is 0 Å². The molecule has 0 radical (unpaired) electrons. The molecule has 0 bridgehead atoms. The van der Waals surface area contributed by atoms with Crippen LogP contribution in [0.15, 0.2) is 10.9 Å². The molecule has 1 atom stereocenters. The van der Waals surface area contributed by atoms with Crippen LogP contribution in [0.2, 0.25) is 5.15 Å². The second kappa shape index (κ2) is 6.52. The standard InChI is InChI=1S/C21H21ClN4O4/c1-29-21(28)10-6-11(7-10)26-12-4-5-13(27)15-17(25-30-18(15)9-2-3-9)14(12)16-19(22)23-8-24-20(16)26/h8-11,13,27H,2-7H2,1H3. The molecule has 0 amide bonds. The van der Waals surface area contributed by atoms with Crippen molar-refractivity contribution in [3.05, 3.63) is 28.5 Å². The van der Waals surface area contributed by atoms with E-state index in [2.05, 4.69) is 19.7 Å². The predicted octanol–water partition coefficient (Wildman–Crippen LogP) is 3.72. The molecule has 3 aromatic heterocycles. The van der Waals surface area contributed by atoms with E-state index in [0.717, 1.165) is 46.5 Å². The van der Waals surface area contributed by atoms with Gasteiger partial charge in [0.2, 0.25) is 0 Å². The van der Waals surface area contributed by atoms with Gasteiger partial charge in [0.1, 0.15) is 28.6 Å². The van der Waals surface area contributed by atoms with Crippen molar-refractivity contribution in [3.8, 4) is 11.3 Å². The average Bonchev–Trinajstić information content (AvgIpc) is 3.40. The Bertz CT molecular complexity index is 1180. The third-order valence-corrected chi connectivity index (χ3v) is 7.07. The summed E-state index contributed by atoms with van der Waals surface area (Å²) in [5.41, 5.74) is 4.07. The van der Waals surface area contributed by atoms with Gasteiger partial charge < -0.3 is 18.9 Å². The largest absolute Gasteiger partial charge is 0.469 e. The van der Waals surface area contributed by atoms with E-state index in [1.807, 2.05) is 0 Å². The summed E-state index contributed by atoms with van der Waals surface area (Å²) < 4.78 is 12.8. The molecule has 30 heavy (non-hydrogen) atoms. The first kappa shape index (κ1) is 18.3. The smallest absolute Gasteiger partial charge is 0.308 e. The number of nitrogens with zero attached hydrogens (tertiary/aromatic N) is 4. The average molecular weight is 429 g/mol. The highest BCUT2D eigenvalue weighted by Crippen LogP contribution is 2.52. The van der Waals surface area contributed by atoms with E-state index in [4.69, 9.17) is 20.9 Å². The fraction of sp³-hybridized carbons (Fsp3) is 0.524. The van der Waals surface area contributed by atoms with Crippen molar-refractivity contribution < 1.29 is 19.2 Å². The van der Waals surface area contributed by atoms with Gasteiger partial charge in [0, 0.05) is 23.2 Å².